The highest BCUT2D eigenvalue weighted by atomic mass is 32.2. The van der Waals surface area contributed by atoms with Gasteiger partial charge in [-0.15, -0.1) is 0 Å². The average molecular weight is 443 g/mol. The van der Waals surface area contributed by atoms with Gasteiger partial charge < -0.3 is 9.84 Å². The summed E-state index contributed by atoms with van der Waals surface area (Å²) in [6.45, 7) is 1.74. The molecule has 0 unspecified atom stereocenters. The molecule has 1 aromatic heterocycles. The second-order valence-electron chi connectivity index (χ2n) is 7.25. The van der Waals surface area contributed by atoms with Crippen LogP contribution in [0.15, 0.2) is 41.4 Å². The lowest BCUT2D eigenvalue weighted by molar-refractivity contribution is -0.145. The van der Waals surface area contributed by atoms with Crippen molar-refractivity contribution in [3.05, 3.63) is 47.8 Å². The van der Waals surface area contributed by atoms with E-state index in [1.54, 1.807) is 19.1 Å². The van der Waals surface area contributed by atoms with Gasteiger partial charge in [0, 0.05) is 24.6 Å². The Morgan fingerprint density at radius 3 is 2.33 bits per heavy atom. The molecule has 1 heterocycles. The molecular formula is C20H20F3NO5S. The van der Waals surface area contributed by atoms with E-state index in [1.165, 1.54) is 19.4 Å². The molecule has 30 heavy (non-hydrogen) atoms. The largest absolute Gasteiger partial charge is 0.481 e. The Bertz CT molecular complexity index is 1050. The molecule has 0 saturated heterocycles. The molecule has 162 valence electrons. The average Bonchev–Trinajstić information content (AvgIpc) is 3.13. The minimum absolute atomic E-state index is 0.179. The number of benzene rings is 1. The van der Waals surface area contributed by atoms with E-state index < -0.39 is 49.7 Å². The number of ether oxygens (including phenoxy) is 1. The van der Waals surface area contributed by atoms with Crippen molar-refractivity contribution < 1.29 is 36.2 Å². The molecule has 0 bridgehead atoms. The van der Waals surface area contributed by atoms with E-state index in [2.05, 4.69) is 4.98 Å². The zero-order valence-electron chi connectivity index (χ0n) is 16.2. The lowest BCUT2D eigenvalue weighted by Gasteiger charge is -2.18. The van der Waals surface area contributed by atoms with Gasteiger partial charge in [0.1, 0.15) is 0 Å². The maximum atomic E-state index is 13.8. The van der Waals surface area contributed by atoms with Crippen molar-refractivity contribution in [2.75, 3.05) is 7.11 Å². The summed E-state index contributed by atoms with van der Waals surface area (Å²) in [6, 6.07) is 6.26. The molecule has 1 aliphatic rings. The first kappa shape index (κ1) is 22.2. The van der Waals surface area contributed by atoms with E-state index in [-0.39, 0.29) is 18.4 Å². The lowest BCUT2D eigenvalue weighted by atomic mass is 10.0. The summed E-state index contributed by atoms with van der Waals surface area (Å²) in [5.41, 5.74) is 0.00362. The highest BCUT2D eigenvalue weighted by Crippen LogP contribution is 2.42. The minimum atomic E-state index is -4.91. The Morgan fingerprint density at radius 2 is 1.83 bits per heavy atom. The van der Waals surface area contributed by atoms with E-state index in [4.69, 9.17) is 4.74 Å². The second-order valence-corrected chi connectivity index (χ2v) is 9.45. The Balaban J connectivity index is 2.06. The minimum Gasteiger partial charge on any atom is -0.481 e. The fourth-order valence-corrected chi connectivity index (χ4v) is 5.73. The summed E-state index contributed by atoms with van der Waals surface area (Å²) in [4.78, 5) is 14.6. The molecule has 6 nitrogen and oxygen atoms in total. The molecule has 1 fully saturated rings. The van der Waals surface area contributed by atoms with Crippen molar-refractivity contribution in [2.45, 2.75) is 42.2 Å². The number of carboxylic acid groups (broad SMARTS) is 1. The molecule has 0 aliphatic heterocycles. The highest BCUT2D eigenvalue weighted by Gasteiger charge is 2.47. The van der Waals surface area contributed by atoms with Gasteiger partial charge in [-0.2, -0.15) is 13.2 Å². The number of aromatic nitrogens is 1. The number of aryl methyl sites for hydroxylation is 1. The number of methoxy groups -OCH3 is 1. The van der Waals surface area contributed by atoms with E-state index in [1.807, 2.05) is 0 Å². The van der Waals surface area contributed by atoms with Crippen LogP contribution in [-0.2, 0) is 25.5 Å². The number of nitrogens with zero attached hydrogens (tertiary/aromatic N) is 1. The quantitative estimate of drug-likeness (QED) is 0.757. The van der Waals surface area contributed by atoms with Crippen molar-refractivity contribution in [2.24, 2.45) is 5.92 Å². The van der Waals surface area contributed by atoms with Gasteiger partial charge in [0.05, 0.1) is 27.7 Å². The van der Waals surface area contributed by atoms with E-state index >= 15 is 0 Å². The third-order valence-corrected chi connectivity index (χ3v) is 7.59. The van der Waals surface area contributed by atoms with Crippen LogP contribution in [0.5, 0.6) is 0 Å². The maximum Gasteiger partial charge on any atom is 0.417 e. The maximum absolute atomic E-state index is 13.8. The SMILES string of the molecule is CO[C@@H]1C[C@H](S(=O)(=O)c2ccc(-c3ccc(C)nc3)cc2C(F)(F)F)C[C@H]1C(=O)O. The molecule has 1 aliphatic carbocycles. The molecule has 2 aromatic rings. The standard InChI is InChI=1S/C20H20F3NO5S/c1-11-3-4-13(10-24-11)12-5-6-18(16(7-12)20(21,22)23)30(27,28)14-8-15(19(25)26)17(9-14)29-2/h3-7,10,14-15,17H,8-9H2,1-2H3,(H,25,26)/t14-,15-,17-/m1/s1. The van der Waals surface area contributed by atoms with Crippen LogP contribution in [0.4, 0.5) is 13.2 Å². The highest BCUT2D eigenvalue weighted by molar-refractivity contribution is 7.92. The smallest absolute Gasteiger partial charge is 0.417 e. The van der Waals surface area contributed by atoms with E-state index in [0.717, 1.165) is 12.1 Å². The first-order chi connectivity index (χ1) is 13.9. The fraction of sp³-hybridized carbons (Fsp3) is 0.400. The molecule has 0 radical (unpaired) electrons. The normalized spacial score (nSPS) is 22.2. The molecular weight excluding hydrogens is 423 g/mol. The summed E-state index contributed by atoms with van der Waals surface area (Å²) in [5, 5.41) is 7.99. The number of carbonyl (C=O) groups is 1. The number of hydrogen-bond acceptors (Lipinski definition) is 5. The Labute approximate surface area is 171 Å². The van der Waals surface area contributed by atoms with Crippen LogP contribution >= 0.6 is 0 Å². The second kappa shape index (κ2) is 7.99. The van der Waals surface area contributed by atoms with Gasteiger partial charge in [-0.05, 0) is 43.5 Å². The van der Waals surface area contributed by atoms with Gasteiger partial charge in [-0.1, -0.05) is 12.1 Å². The van der Waals surface area contributed by atoms with Gasteiger partial charge in [0.15, 0.2) is 9.84 Å². The summed E-state index contributed by atoms with van der Waals surface area (Å²) in [6.07, 6.45) is -4.87. The third kappa shape index (κ3) is 4.20. The predicted octanol–water partition coefficient (Wildman–Crippen LogP) is 3.73. The number of carboxylic acids is 1. The summed E-state index contributed by atoms with van der Waals surface area (Å²) >= 11 is 0. The van der Waals surface area contributed by atoms with Crippen LogP contribution in [0.25, 0.3) is 11.1 Å². The Hall–Kier alpha value is -2.46. The first-order valence-electron chi connectivity index (χ1n) is 9.09. The van der Waals surface area contributed by atoms with Crippen molar-refractivity contribution in [3.8, 4) is 11.1 Å². The lowest BCUT2D eigenvalue weighted by Crippen LogP contribution is -2.24. The monoisotopic (exact) mass is 443 g/mol. The van der Waals surface area contributed by atoms with Crippen LogP contribution in [-0.4, -0.2) is 42.9 Å². The van der Waals surface area contributed by atoms with Crippen molar-refractivity contribution in [3.63, 3.8) is 0 Å². The van der Waals surface area contributed by atoms with Gasteiger partial charge in [0.25, 0.3) is 0 Å². The molecule has 1 saturated carbocycles. The Morgan fingerprint density at radius 1 is 1.17 bits per heavy atom. The summed E-state index contributed by atoms with van der Waals surface area (Å²) in [7, 11) is -3.20. The van der Waals surface area contributed by atoms with Gasteiger partial charge in [-0.3, -0.25) is 9.78 Å². The molecule has 3 rings (SSSR count). The zero-order chi connectivity index (χ0) is 22.3. The van der Waals surface area contributed by atoms with Crippen LogP contribution in [0.2, 0.25) is 0 Å². The predicted molar refractivity (Wildman–Crippen MR) is 102 cm³/mol. The molecule has 0 amide bonds. The molecule has 10 heteroatoms. The molecule has 1 aromatic carbocycles. The molecule has 1 N–H and O–H groups in total. The Kier molecular flexibility index (Phi) is 5.92. The van der Waals surface area contributed by atoms with Crippen molar-refractivity contribution in [1.82, 2.24) is 4.98 Å². The number of rotatable bonds is 5. The number of aliphatic carboxylic acids is 1. The van der Waals surface area contributed by atoms with Crippen LogP contribution in [0.3, 0.4) is 0 Å². The van der Waals surface area contributed by atoms with E-state index in [9.17, 15) is 31.5 Å². The zero-order valence-corrected chi connectivity index (χ0v) is 17.0. The fourth-order valence-electron chi connectivity index (χ4n) is 3.73. The van der Waals surface area contributed by atoms with Gasteiger partial charge in [0.2, 0.25) is 0 Å². The van der Waals surface area contributed by atoms with Crippen LogP contribution in [0, 0.1) is 12.8 Å². The van der Waals surface area contributed by atoms with Gasteiger partial charge >= 0.3 is 12.1 Å². The van der Waals surface area contributed by atoms with Crippen molar-refractivity contribution in [1.29, 1.82) is 0 Å². The number of sulfone groups is 1. The number of alkyl halides is 3. The summed E-state index contributed by atoms with van der Waals surface area (Å²) < 4.78 is 72.5. The van der Waals surface area contributed by atoms with Crippen molar-refractivity contribution >= 4 is 15.8 Å². The molecule has 3 atom stereocenters. The first-order valence-corrected chi connectivity index (χ1v) is 10.6. The number of hydrogen-bond donors (Lipinski definition) is 1. The van der Waals surface area contributed by atoms with E-state index in [0.29, 0.717) is 11.3 Å². The number of pyridine rings is 1. The van der Waals surface area contributed by atoms with Crippen LogP contribution in [0.1, 0.15) is 24.1 Å². The topological polar surface area (TPSA) is 93.6 Å². The summed E-state index contributed by atoms with van der Waals surface area (Å²) in [5.74, 6) is -2.33. The molecule has 0 spiro atoms. The van der Waals surface area contributed by atoms with Gasteiger partial charge in [-0.25, -0.2) is 8.42 Å². The number of halogens is 3. The third-order valence-electron chi connectivity index (χ3n) is 5.36. The van der Waals surface area contributed by atoms with Crippen LogP contribution < -0.4 is 0 Å².